The van der Waals surface area contributed by atoms with Gasteiger partial charge >= 0.3 is 0 Å². The Bertz CT molecular complexity index is 221. The molecule has 0 bridgehead atoms. The fourth-order valence-corrected chi connectivity index (χ4v) is 1.47. The van der Waals surface area contributed by atoms with E-state index in [1.807, 2.05) is 19.1 Å². The minimum absolute atomic E-state index is 0.244. The molecule has 12 heavy (non-hydrogen) atoms. The summed E-state index contributed by atoms with van der Waals surface area (Å²) in [6.07, 6.45) is 4.21. The van der Waals surface area contributed by atoms with Gasteiger partial charge in [-0.25, -0.2) is 0 Å². The predicted molar refractivity (Wildman–Crippen MR) is 48.9 cm³/mol. The van der Waals surface area contributed by atoms with Crippen LogP contribution in [0.3, 0.4) is 0 Å². The number of rotatable bonds is 3. The second-order valence-corrected chi connectivity index (χ2v) is 3.04. The van der Waals surface area contributed by atoms with Gasteiger partial charge in [-0.1, -0.05) is 6.92 Å². The van der Waals surface area contributed by atoms with Crippen molar-refractivity contribution < 1.29 is 5.11 Å². The Kier molecular flexibility index (Phi) is 3.23. The number of hydrogen-bond acceptors (Lipinski definition) is 2. The zero-order chi connectivity index (χ0) is 8.97. The van der Waals surface area contributed by atoms with Crippen LogP contribution in [0, 0.1) is 0 Å². The van der Waals surface area contributed by atoms with Crippen LogP contribution in [0.1, 0.15) is 31.7 Å². The first kappa shape index (κ1) is 9.20. The summed E-state index contributed by atoms with van der Waals surface area (Å²) < 4.78 is 0. The molecule has 0 aliphatic heterocycles. The summed E-state index contributed by atoms with van der Waals surface area (Å²) >= 11 is 0. The van der Waals surface area contributed by atoms with Crippen molar-refractivity contribution in [2.45, 2.75) is 32.3 Å². The fraction of sp³-hybridized carbons (Fsp3) is 0.500. The standard InChI is InChI=1S/C10H15NO/c1-3-10(8(2)12)9-4-6-11-7-5-9/h4-8,10,12H,3H2,1-2H3. The summed E-state index contributed by atoms with van der Waals surface area (Å²) in [6, 6.07) is 3.92. The topological polar surface area (TPSA) is 33.1 Å². The molecule has 0 radical (unpaired) electrons. The predicted octanol–water partition coefficient (Wildman–Crippen LogP) is 1.96. The lowest BCUT2D eigenvalue weighted by Gasteiger charge is -2.17. The molecule has 0 aliphatic rings. The Morgan fingerprint density at radius 1 is 1.42 bits per heavy atom. The molecule has 0 amide bonds. The van der Waals surface area contributed by atoms with E-state index in [1.165, 1.54) is 5.56 Å². The van der Waals surface area contributed by atoms with Gasteiger partial charge in [0, 0.05) is 18.3 Å². The molecule has 66 valence electrons. The lowest BCUT2D eigenvalue weighted by Crippen LogP contribution is -2.13. The summed E-state index contributed by atoms with van der Waals surface area (Å²) in [7, 11) is 0. The summed E-state index contributed by atoms with van der Waals surface area (Å²) in [5.41, 5.74) is 1.17. The third-order valence-corrected chi connectivity index (χ3v) is 2.16. The smallest absolute Gasteiger partial charge is 0.0580 e. The number of aromatic nitrogens is 1. The lowest BCUT2D eigenvalue weighted by atomic mass is 9.93. The minimum atomic E-state index is -0.280. The molecule has 2 atom stereocenters. The Morgan fingerprint density at radius 2 is 2.00 bits per heavy atom. The van der Waals surface area contributed by atoms with Crippen LogP contribution in [0.2, 0.25) is 0 Å². The molecule has 2 unspecified atom stereocenters. The van der Waals surface area contributed by atoms with E-state index in [1.54, 1.807) is 12.4 Å². The fourth-order valence-electron chi connectivity index (χ4n) is 1.47. The van der Waals surface area contributed by atoms with Gasteiger partial charge in [0.15, 0.2) is 0 Å². The maximum atomic E-state index is 9.45. The van der Waals surface area contributed by atoms with Crippen molar-refractivity contribution in [2.75, 3.05) is 0 Å². The van der Waals surface area contributed by atoms with Crippen molar-refractivity contribution >= 4 is 0 Å². The van der Waals surface area contributed by atoms with Crippen molar-refractivity contribution in [3.63, 3.8) is 0 Å². The highest BCUT2D eigenvalue weighted by Gasteiger charge is 2.13. The minimum Gasteiger partial charge on any atom is -0.393 e. The third kappa shape index (κ3) is 2.05. The summed E-state index contributed by atoms with van der Waals surface area (Å²) in [6.45, 7) is 3.91. The zero-order valence-corrected chi connectivity index (χ0v) is 7.57. The first-order chi connectivity index (χ1) is 5.75. The molecular formula is C10H15NO. The van der Waals surface area contributed by atoms with Gasteiger partial charge in [0.2, 0.25) is 0 Å². The normalized spacial score (nSPS) is 15.6. The Morgan fingerprint density at radius 3 is 2.42 bits per heavy atom. The monoisotopic (exact) mass is 165 g/mol. The van der Waals surface area contributed by atoms with Gasteiger partial charge in [-0.05, 0) is 31.0 Å². The van der Waals surface area contributed by atoms with Crippen molar-refractivity contribution in [3.8, 4) is 0 Å². The van der Waals surface area contributed by atoms with E-state index < -0.39 is 0 Å². The SMILES string of the molecule is CCC(c1ccncc1)C(C)O. The largest absolute Gasteiger partial charge is 0.393 e. The van der Waals surface area contributed by atoms with Crippen LogP contribution in [0.5, 0.6) is 0 Å². The first-order valence-corrected chi connectivity index (χ1v) is 4.33. The third-order valence-electron chi connectivity index (χ3n) is 2.16. The maximum Gasteiger partial charge on any atom is 0.0580 e. The van der Waals surface area contributed by atoms with Crippen LogP contribution in [-0.4, -0.2) is 16.2 Å². The Hall–Kier alpha value is -0.890. The molecule has 1 aromatic heterocycles. The molecule has 1 rings (SSSR count). The number of aliphatic hydroxyl groups excluding tert-OH is 1. The second-order valence-electron chi connectivity index (χ2n) is 3.04. The summed E-state index contributed by atoms with van der Waals surface area (Å²) in [5.74, 6) is 0.244. The Labute approximate surface area is 73.3 Å². The van der Waals surface area contributed by atoms with Crippen LogP contribution in [0.4, 0.5) is 0 Å². The molecular weight excluding hydrogens is 150 g/mol. The highest BCUT2D eigenvalue weighted by Crippen LogP contribution is 2.21. The molecule has 0 aromatic carbocycles. The second kappa shape index (κ2) is 4.21. The number of aliphatic hydroxyl groups is 1. The van der Waals surface area contributed by atoms with E-state index in [-0.39, 0.29) is 12.0 Å². The molecule has 0 saturated heterocycles. The maximum absolute atomic E-state index is 9.45. The number of hydrogen-bond donors (Lipinski definition) is 1. The molecule has 2 heteroatoms. The Balaban J connectivity index is 2.80. The van der Waals surface area contributed by atoms with Crippen molar-refractivity contribution in [3.05, 3.63) is 30.1 Å². The summed E-state index contributed by atoms with van der Waals surface area (Å²) in [5, 5.41) is 9.45. The zero-order valence-electron chi connectivity index (χ0n) is 7.57. The van der Waals surface area contributed by atoms with Crippen LogP contribution >= 0.6 is 0 Å². The van der Waals surface area contributed by atoms with Gasteiger partial charge in [0.1, 0.15) is 0 Å². The van der Waals surface area contributed by atoms with Gasteiger partial charge in [-0.3, -0.25) is 4.98 Å². The summed E-state index contributed by atoms with van der Waals surface area (Å²) in [4.78, 5) is 3.94. The van der Waals surface area contributed by atoms with Gasteiger partial charge in [0.05, 0.1) is 6.10 Å². The first-order valence-electron chi connectivity index (χ1n) is 4.33. The molecule has 1 aromatic rings. The molecule has 1 N–H and O–H groups in total. The van der Waals surface area contributed by atoms with Crippen LogP contribution in [0.25, 0.3) is 0 Å². The van der Waals surface area contributed by atoms with E-state index in [0.717, 1.165) is 6.42 Å². The van der Waals surface area contributed by atoms with E-state index in [0.29, 0.717) is 0 Å². The number of nitrogens with zero attached hydrogens (tertiary/aromatic N) is 1. The van der Waals surface area contributed by atoms with E-state index in [4.69, 9.17) is 0 Å². The van der Waals surface area contributed by atoms with Gasteiger partial charge in [0.25, 0.3) is 0 Å². The van der Waals surface area contributed by atoms with Gasteiger partial charge in [-0.2, -0.15) is 0 Å². The van der Waals surface area contributed by atoms with Crippen molar-refractivity contribution in [2.24, 2.45) is 0 Å². The van der Waals surface area contributed by atoms with E-state index >= 15 is 0 Å². The van der Waals surface area contributed by atoms with Crippen LogP contribution in [-0.2, 0) is 0 Å². The molecule has 0 aliphatic carbocycles. The molecule has 2 nitrogen and oxygen atoms in total. The number of pyridine rings is 1. The molecule has 0 fully saturated rings. The average Bonchev–Trinajstić information content (AvgIpc) is 2.07. The van der Waals surface area contributed by atoms with Crippen LogP contribution in [0.15, 0.2) is 24.5 Å². The van der Waals surface area contributed by atoms with E-state index in [9.17, 15) is 5.11 Å². The molecule has 0 spiro atoms. The van der Waals surface area contributed by atoms with Crippen LogP contribution < -0.4 is 0 Å². The highest BCUT2D eigenvalue weighted by atomic mass is 16.3. The van der Waals surface area contributed by atoms with Gasteiger partial charge in [-0.15, -0.1) is 0 Å². The molecule has 0 saturated carbocycles. The average molecular weight is 165 g/mol. The van der Waals surface area contributed by atoms with E-state index in [2.05, 4.69) is 11.9 Å². The van der Waals surface area contributed by atoms with Crippen molar-refractivity contribution in [1.29, 1.82) is 0 Å². The molecule has 1 heterocycles. The highest BCUT2D eigenvalue weighted by molar-refractivity contribution is 5.16. The quantitative estimate of drug-likeness (QED) is 0.742. The lowest BCUT2D eigenvalue weighted by molar-refractivity contribution is 0.160. The van der Waals surface area contributed by atoms with Gasteiger partial charge < -0.3 is 5.11 Å². The van der Waals surface area contributed by atoms with Crippen molar-refractivity contribution in [1.82, 2.24) is 4.98 Å².